The largest absolute Gasteiger partial charge is 0.379 e. The van der Waals surface area contributed by atoms with Crippen LogP contribution < -0.4 is 5.73 Å². The van der Waals surface area contributed by atoms with E-state index in [1.165, 1.54) is 0 Å². The van der Waals surface area contributed by atoms with Crippen molar-refractivity contribution < 1.29 is 14.3 Å². The Hall–Kier alpha value is -0.650. The summed E-state index contributed by atoms with van der Waals surface area (Å²) >= 11 is 0. The fraction of sp³-hybridized carbons (Fsp3) is 0.933. The first kappa shape index (κ1) is 15.7. The lowest BCUT2D eigenvalue weighted by molar-refractivity contribution is -0.140. The molecule has 1 aliphatic heterocycles. The van der Waals surface area contributed by atoms with Gasteiger partial charge in [-0.05, 0) is 45.4 Å². The van der Waals surface area contributed by atoms with Crippen LogP contribution in [-0.2, 0) is 14.3 Å². The standard InChI is InChI=1S/C15H28N2O3/c1-3-19-10-11-20-13-6-8-17(9-7-13)14(18)15(2,16)12-4-5-12/h12-13H,3-11,16H2,1-2H3. The van der Waals surface area contributed by atoms with Crippen molar-refractivity contribution in [1.82, 2.24) is 4.90 Å². The molecule has 2 N–H and O–H groups in total. The Morgan fingerprint density at radius 2 is 1.90 bits per heavy atom. The Kier molecular flexibility index (Phi) is 5.41. The highest BCUT2D eigenvalue weighted by Gasteiger charge is 2.46. The number of rotatable bonds is 7. The van der Waals surface area contributed by atoms with Crippen molar-refractivity contribution in [3.05, 3.63) is 0 Å². The van der Waals surface area contributed by atoms with Gasteiger partial charge < -0.3 is 20.1 Å². The molecule has 1 amide bonds. The summed E-state index contributed by atoms with van der Waals surface area (Å²) in [5, 5.41) is 0. The van der Waals surface area contributed by atoms with Crippen molar-refractivity contribution in [3.63, 3.8) is 0 Å². The average molecular weight is 284 g/mol. The molecule has 0 radical (unpaired) electrons. The van der Waals surface area contributed by atoms with Gasteiger partial charge in [-0.3, -0.25) is 4.79 Å². The van der Waals surface area contributed by atoms with Gasteiger partial charge in [0.15, 0.2) is 0 Å². The molecular weight excluding hydrogens is 256 g/mol. The van der Waals surface area contributed by atoms with Crippen LogP contribution in [0.4, 0.5) is 0 Å². The minimum atomic E-state index is -0.664. The maximum atomic E-state index is 12.4. The number of carbonyl (C=O) groups is 1. The van der Waals surface area contributed by atoms with Gasteiger partial charge in [-0.1, -0.05) is 0 Å². The first-order chi connectivity index (χ1) is 9.55. The Bertz CT molecular complexity index is 321. The maximum Gasteiger partial charge on any atom is 0.242 e. The zero-order valence-corrected chi connectivity index (χ0v) is 12.8. The number of carbonyl (C=O) groups excluding carboxylic acids is 1. The highest BCUT2D eigenvalue weighted by molar-refractivity contribution is 5.86. The molecule has 1 saturated carbocycles. The van der Waals surface area contributed by atoms with Crippen molar-refractivity contribution in [1.29, 1.82) is 0 Å². The SMILES string of the molecule is CCOCCOC1CCN(C(=O)C(C)(N)C2CC2)CC1. The van der Waals surface area contributed by atoms with Gasteiger partial charge in [-0.25, -0.2) is 0 Å². The third kappa shape index (κ3) is 3.93. The third-order valence-corrected chi connectivity index (χ3v) is 4.40. The fourth-order valence-electron chi connectivity index (χ4n) is 2.84. The molecule has 2 aliphatic rings. The Balaban J connectivity index is 1.69. The topological polar surface area (TPSA) is 64.8 Å². The fourth-order valence-corrected chi connectivity index (χ4v) is 2.84. The summed E-state index contributed by atoms with van der Waals surface area (Å²) in [5.74, 6) is 0.503. The first-order valence-corrected chi connectivity index (χ1v) is 7.83. The van der Waals surface area contributed by atoms with E-state index in [0.29, 0.717) is 19.1 Å². The van der Waals surface area contributed by atoms with Crippen molar-refractivity contribution in [2.45, 2.75) is 51.2 Å². The Labute approximate surface area is 121 Å². The summed E-state index contributed by atoms with van der Waals surface area (Å²) in [6.45, 7) is 7.41. The summed E-state index contributed by atoms with van der Waals surface area (Å²) in [4.78, 5) is 14.4. The molecule has 20 heavy (non-hydrogen) atoms. The summed E-state index contributed by atoms with van der Waals surface area (Å²) in [7, 11) is 0. The number of nitrogens with two attached hydrogens (primary N) is 1. The second-order valence-electron chi connectivity index (χ2n) is 6.12. The molecular formula is C15H28N2O3. The van der Waals surface area contributed by atoms with Gasteiger partial charge in [0.05, 0.1) is 24.9 Å². The minimum absolute atomic E-state index is 0.118. The molecule has 1 heterocycles. The highest BCUT2D eigenvalue weighted by atomic mass is 16.5. The van der Waals surface area contributed by atoms with Crippen LogP contribution in [0, 0.1) is 5.92 Å². The zero-order valence-electron chi connectivity index (χ0n) is 12.8. The zero-order chi connectivity index (χ0) is 14.6. The van der Waals surface area contributed by atoms with Gasteiger partial charge in [0.2, 0.25) is 5.91 Å². The average Bonchev–Trinajstić information content (AvgIpc) is 3.28. The molecule has 0 spiro atoms. The van der Waals surface area contributed by atoms with E-state index in [0.717, 1.165) is 45.4 Å². The molecule has 1 unspecified atom stereocenters. The maximum absolute atomic E-state index is 12.4. The molecule has 5 nitrogen and oxygen atoms in total. The number of hydrogen-bond donors (Lipinski definition) is 1. The van der Waals surface area contributed by atoms with E-state index >= 15 is 0 Å². The van der Waals surface area contributed by atoms with Crippen LogP contribution in [0.25, 0.3) is 0 Å². The summed E-state index contributed by atoms with van der Waals surface area (Å²) in [6.07, 6.45) is 4.24. The van der Waals surface area contributed by atoms with Gasteiger partial charge in [0, 0.05) is 19.7 Å². The van der Waals surface area contributed by atoms with Gasteiger partial charge >= 0.3 is 0 Å². The molecule has 1 atom stereocenters. The van der Waals surface area contributed by atoms with Gasteiger partial charge in [-0.15, -0.1) is 0 Å². The van der Waals surface area contributed by atoms with E-state index in [9.17, 15) is 4.79 Å². The van der Waals surface area contributed by atoms with Crippen molar-refractivity contribution in [3.8, 4) is 0 Å². The molecule has 2 fully saturated rings. The molecule has 5 heteroatoms. The molecule has 0 aromatic carbocycles. The Morgan fingerprint density at radius 1 is 1.25 bits per heavy atom. The van der Waals surface area contributed by atoms with Gasteiger partial charge in [0.1, 0.15) is 0 Å². The number of amides is 1. The first-order valence-electron chi connectivity index (χ1n) is 7.83. The second kappa shape index (κ2) is 6.87. The predicted octanol–water partition coefficient (Wildman–Crippen LogP) is 1.16. The molecule has 0 aromatic rings. The van der Waals surface area contributed by atoms with Crippen LogP contribution >= 0.6 is 0 Å². The summed E-state index contributed by atoms with van der Waals surface area (Å²) < 4.78 is 11.0. The second-order valence-corrected chi connectivity index (χ2v) is 6.12. The number of ether oxygens (including phenoxy) is 2. The quantitative estimate of drug-likeness (QED) is 0.713. The van der Waals surface area contributed by atoms with Crippen LogP contribution in [0.3, 0.4) is 0 Å². The van der Waals surface area contributed by atoms with Crippen molar-refractivity contribution in [2.24, 2.45) is 11.7 Å². The number of hydrogen-bond acceptors (Lipinski definition) is 4. The van der Waals surface area contributed by atoms with Crippen LogP contribution in [0.2, 0.25) is 0 Å². The summed E-state index contributed by atoms with van der Waals surface area (Å²) in [5.41, 5.74) is 5.54. The normalized spacial score (nSPS) is 23.6. The summed E-state index contributed by atoms with van der Waals surface area (Å²) in [6, 6.07) is 0. The van der Waals surface area contributed by atoms with Crippen LogP contribution in [0.15, 0.2) is 0 Å². The van der Waals surface area contributed by atoms with E-state index < -0.39 is 5.54 Å². The van der Waals surface area contributed by atoms with Crippen LogP contribution in [-0.4, -0.2) is 55.4 Å². The Morgan fingerprint density at radius 3 is 2.45 bits per heavy atom. The van der Waals surface area contributed by atoms with E-state index in [4.69, 9.17) is 15.2 Å². The molecule has 116 valence electrons. The van der Waals surface area contributed by atoms with Crippen molar-refractivity contribution in [2.75, 3.05) is 32.9 Å². The smallest absolute Gasteiger partial charge is 0.242 e. The highest BCUT2D eigenvalue weighted by Crippen LogP contribution is 2.39. The van der Waals surface area contributed by atoms with Crippen molar-refractivity contribution >= 4 is 5.91 Å². The van der Waals surface area contributed by atoms with Gasteiger partial charge in [-0.2, -0.15) is 0 Å². The number of nitrogens with zero attached hydrogens (tertiary/aromatic N) is 1. The third-order valence-electron chi connectivity index (χ3n) is 4.40. The lowest BCUT2D eigenvalue weighted by atomic mass is 9.94. The lowest BCUT2D eigenvalue weighted by Crippen LogP contribution is -2.56. The van der Waals surface area contributed by atoms with Crippen LogP contribution in [0.1, 0.15) is 39.5 Å². The molecule has 1 aliphatic carbocycles. The predicted molar refractivity (Wildman–Crippen MR) is 77.4 cm³/mol. The van der Waals surface area contributed by atoms with Gasteiger partial charge in [0.25, 0.3) is 0 Å². The monoisotopic (exact) mass is 284 g/mol. The molecule has 0 aromatic heterocycles. The number of likely N-dealkylation sites (tertiary alicyclic amines) is 1. The van der Waals surface area contributed by atoms with E-state index in [1.807, 2.05) is 18.7 Å². The molecule has 1 saturated heterocycles. The van der Waals surface area contributed by atoms with E-state index in [-0.39, 0.29) is 12.0 Å². The lowest BCUT2D eigenvalue weighted by Gasteiger charge is -2.37. The molecule has 0 bridgehead atoms. The van der Waals surface area contributed by atoms with E-state index in [1.54, 1.807) is 0 Å². The minimum Gasteiger partial charge on any atom is -0.379 e. The van der Waals surface area contributed by atoms with E-state index in [2.05, 4.69) is 0 Å². The molecule has 2 rings (SSSR count). The number of piperidine rings is 1. The van der Waals surface area contributed by atoms with Crippen LogP contribution in [0.5, 0.6) is 0 Å².